The molecule has 0 unspecified atom stereocenters. The fourth-order valence-electron chi connectivity index (χ4n) is 3.65. The van der Waals surface area contributed by atoms with Crippen molar-refractivity contribution in [3.05, 3.63) is 94.4 Å². The second-order valence-corrected chi connectivity index (χ2v) is 9.91. The van der Waals surface area contributed by atoms with Crippen molar-refractivity contribution in [2.45, 2.75) is 38.8 Å². The number of nitrogens with zero attached hydrogens (tertiary/aromatic N) is 2. The third kappa shape index (κ3) is 6.64. The van der Waals surface area contributed by atoms with Gasteiger partial charge in [0.15, 0.2) is 11.0 Å². The number of imidazole rings is 1. The van der Waals surface area contributed by atoms with Crippen LogP contribution >= 0.6 is 23.2 Å². The molecule has 0 bridgehead atoms. The molecular weight excluding hydrogens is 505 g/mol. The molecule has 0 fully saturated rings. The Bertz CT molecular complexity index is 1390. The lowest BCUT2D eigenvalue weighted by atomic mass is 10.2. The molecule has 1 aromatic heterocycles. The van der Waals surface area contributed by atoms with Gasteiger partial charge in [-0.15, -0.1) is 0 Å². The summed E-state index contributed by atoms with van der Waals surface area (Å²) in [4.78, 5) is -0.178. The number of rotatable bonds is 6. The van der Waals surface area contributed by atoms with Gasteiger partial charge in [-0.1, -0.05) is 59.1 Å². The van der Waals surface area contributed by atoms with Crippen LogP contribution < -0.4 is 9.88 Å². The maximum atomic E-state index is 10.4. The molecule has 184 valence electrons. The van der Waals surface area contributed by atoms with Gasteiger partial charge in [0.25, 0.3) is 5.82 Å². The Kier molecular flexibility index (Phi) is 8.97. The van der Waals surface area contributed by atoms with Crippen LogP contribution in [0, 0.1) is 6.92 Å². The molecule has 0 atom stereocenters. The first kappa shape index (κ1) is 26.8. The van der Waals surface area contributed by atoms with Gasteiger partial charge in [-0.2, -0.15) is 0 Å². The molecule has 1 heterocycles. The molecule has 0 saturated heterocycles. The highest BCUT2D eigenvalue weighted by Crippen LogP contribution is 2.28. The SMILES string of the molecule is CCn1c(C=CNc2ccccc2)[n+](CC)c2cc(Cl)c(Cl)cc21.Cc1ccc(S(=O)(=O)[O-])cc1. The minimum atomic E-state index is -4.27. The van der Waals surface area contributed by atoms with E-state index in [0.29, 0.717) is 10.0 Å². The summed E-state index contributed by atoms with van der Waals surface area (Å²) in [5, 5.41) is 4.47. The molecule has 35 heavy (non-hydrogen) atoms. The first-order chi connectivity index (χ1) is 16.7. The number of halogens is 2. The van der Waals surface area contributed by atoms with Gasteiger partial charge in [0, 0.05) is 30.1 Å². The first-order valence-electron chi connectivity index (χ1n) is 11.1. The molecule has 3 aromatic carbocycles. The molecule has 0 aliphatic rings. The zero-order valence-corrected chi connectivity index (χ0v) is 22.0. The zero-order chi connectivity index (χ0) is 25.6. The van der Waals surface area contributed by atoms with Gasteiger partial charge in [0.05, 0.1) is 28.0 Å². The molecule has 4 rings (SSSR count). The summed E-state index contributed by atoms with van der Waals surface area (Å²) in [5.41, 5.74) is 4.17. The van der Waals surface area contributed by atoms with E-state index in [1.807, 2.05) is 55.6 Å². The summed E-state index contributed by atoms with van der Waals surface area (Å²) in [6, 6.07) is 19.8. The van der Waals surface area contributed by atoms with E-state index in [9.17, 15) is 13.0 Å². The second kappa shape index (κ2) is 11.7. The van der Waals surface area contributed by atoms with Crippen molar-refractivity contribution >= 4 is 56.1 Å². The quantitative estimate of drug-likeness (QED) is 0.235. The van der Waals surface area contributed by atoms with Crippen molar-refractivity contribution in [3.63, 3.8) is 0 Å². The summed E-state index contributed by atoms with van der Waals surface area (Å²) in [6.45, 7) is 7.79. The van der Waals surface area contributed by atoms with Crippen LogP contribution in [0.5, 0.6) is 0 Å². The predicted octanol–water partition coefficient (Wildman–Crippen LogP) is 6.26. The minimum absolute atomic E-state index is 0.178. The van der Waals surface area contributed by atoms with Crippen molar-refractivity contribution in [1.82, 2.24) is 4.57 Å². The lowest BCUT2D eigenvalue weighted by molar-refractivity contribution is -0.670. The van der Waals surface area contributed by atoms with Crippen LogP contribution in [-0.4, -0.2) is 17.5 Å². The average Bonchev–Trinajstić information content (AvgIpc) is 3.11. The van der Waals surface area contributed by atoms with Gasteiger partial charge in [0.1, 0.15) is 10.1 Å². The van der Waals surface area contributed by atoms with Gasteiger partial charge in [0.2, 0.25) is 0 Å². The Labute approximate surface area is 216 Å². The molecular formula is C26H27Cl2N3O3S. The van der Waals surface area contributed by atoms with E-state index >= 15 is 0 Å². The number of hydrogen-bond acceptors (Lipinski definition) is 4. The van der Waals surface area contributed by atoms with Gasteiger partial charge < -0.3 is 9.87 Å². The largest absolute Gasteiger partial charge is 0.744 e. The van der Waals surface area contributed by atoms with E-state index < -0.39 is 10.1 Å². The average molecular weight is 532 g/mol. The van der Waals surface area contributed by atoms with Crippen molar-refractivity contribution in [3.8, 4) is 0 Å². The van der Waals surface area contributed by atoms with E-state index in [1.54, 1.807) is 12.1 Å². The van der Waals surface area contributed by atoms with Crippen molar-refractivity contribution < 1.29 is 17.5 Å². The topological polar surface area (TPSA) is 78.0 Å². The third-order valence-corrected chi connectivity index (χ3v) is 6.92. The van der Waals surface area contributed by atoms with Crippen LogP contribution in [0.4, 0.5) is 5.69 Å². The van der Waals surface area contributed by atoms with E-state index in [4.69, 9.17) is 23.2 Å². The molecule has 0 amide bonds. The molecule has 4 aromatic rings. The number of aryl methyl sites for hydroxylation is 3. The molecule has 9 heteroatoms. The molecule has 0 aliphatic heterocycles. The van der Waals surface area contributed by atoms with Crippen molar-refractivity contribution in [1.29, 1.82) is 0 Å². The van der Waals surface area contributed by atoms with Gasteiger partial charge in [-0.05, 0) is 45.0 Å². The number of fused-ring (bicyclic) bond motifs is 1. The first-order valence-corrected chi connectivity index (χ1v) is 13.2. The number of nitrogens with one attached hydrogen (secondary N) is 1. The standard InChI is InChI=1S/C19H19Cl2N3.C7H8O3S/c1-3-23-17-12-15(20)16(21)13-18(17)24(4-2)19(23)10-11-22-14-8-6-5-7-9-14;1-6-2-4-7(5-3-6)11(8,9)10/h5-13H,3-4H2,1-2H3;2-5H,1H3,(H,8,9,10). The highest BCUT2D eigenvalue weighted by Gasteiger charge is 2.22. The normalized spacial score (nSPS) is 11.5. The maximum absolute atomic E-state index is 10.4. The zero-order valence-electron chi connectivity index (χ0n) is 19.7. The van der Waals surface area contributed by atoms with Gasteiger partial charge in [-0.25, -0.2) is 17.6 Å². The van der Waals surface area contributed by atoms with Crippen LogP contribution in [0.3, 0.4) is 0 Å². The molecule has 6 nitrogen and oxygen atoms in total. The highest BCUT2D eigenvalue weighted by molar-refractivity contribution is 7.85. The molecule has 0 saturated carbocycles. The Hall–Kier alpha value is -2.84. The summed E-state index contributed by atoms with van der Waals surface area (Å²) < 4.78 is 35.6. The van der Waals surface area contributed by atoms with Crippen LogP contribution in [0.2, 0.25) is 10.0 Å². The lowest BCUT2D eigenvalue weighted by Gasteiger charge is -2.05. The summed E-state index contributed by atoms with van der Waals surface area (Å²) in [5.74, 6) is 1.11. The maximum Gasteiger partial charge on any atom is 0.283 e. The van der Waals surface area contributed by atoms with E-state index in [2.05, 4.69) is 34.4 Å². The van der Waals surface area contributed by atoms with Crippen LogP contribution in [-0.2, 0) is 23.2 Å². The fraction of sp³-hybridized carbons (Fsp3) is 0.192. The van der Waals surface area contributed by atoms with Crippen LogP contribution in [0.15, 0.2) is 77.8 Å². The Morgan fingerprint density at radius 1 is 1.00 bits per heavy atom. The van der Waals surface area contributed by atoms with E-state index in [1.165, 1.54) is 12.1 Å². The molecule has 0 radical (unpaired) electrons. The Balaban J connectivity index is 0.000000261. The van der Waals surface area contributed by atoms with Crippen molar-refractivity contribution in [2.75, 3.05) is 5.32 Å². The smallest absolute Gasteiger partial charge is 0.283 e. The van der Waals surface area contributed by atoms with Crippen LogP contribution in [0.1, 0.15) is 25.2 Å². The Morgan fingerprint density at radius 2 is 1.63 bits per heavy atom. The lowest BCUT2D eigenvalue weighted by Crippen LogP contribution is -2.35. The third-order valence-electron chi connectivity index (χ3n) is 5.35. The second-order valence-electron chi connectivity index (χ2n) is 7.71. The fourth-order valence-corrected chi connectivity index (χ4v) is 4.43. The van der Waals surface area contributed by atoms with E-state index in [-0.39, 0.29) is 4.90 Å². The predicted molar refractivity (Wildman–Crippen MR) is 142 cm³/mol. The Morgan fingerprint density at radius 3 is 2.20 bits per heavy atom. The highest BCUT2D eigenvalue weighted by atomic mass is 35.5. The molecule has 0 spiro atoms. The number of aromatic nitrogens is 2. The number of anilines is 1. The van der Waals surface area contributed by atoms with Gasteiger partial charge in [-0.3, -0.25) is 0 Å². The minimum Gasteiger partial charge on any atom is -0.744 e. The summed E-state index contributed by atoms with van der Waals surface area (Å²) in [7, 11) is -4.27. The molecule has 0 aliphatic carbocycles. The molecule has 1 N–H and O–H groups in total. The monoisotopic (exact) mass is 531 g/mol. The summed E-state index contributed by atoms with van der Waals surface area (Å²) in [6.07, 6.45) is 4.05. The van der Waals surface area contributed by atoms with Crippen molar-refractivity contribution in [2.24, 2.45) is 0 Å². The summed E-state index contributed by atoms with van der Waals surface area (Å²) >= 11 is 12.4. The number of hydrogen-bond donors (Lipinski definition) is 1. The van der Waals surface area contributed by atoms with E-state index in [0.717, 1.165) is 41.2 Å². The number of para-hydroxylation sites is 1. The van der Waals surface area contributed by atoms with Gasteiger partial charge >= 0.3 is 0 Å². The van der Waals surface area contributed by atoms with Crippen LogP contribution in [0.25, 0.3) is 17.1 Å². The number of benzene rings is 3.